The Kier molecular flexibility index (Phi) is 5.36. The fraction of sp³-hybridized carbons (Fsp3) is 0.500. The van der Waals surface area contributed by atoms with Gasteiger partial charge in [0.2, 0.25) is 10.0 Å². The molecule has 1 fully saturated rings. The van der Waals surface area contributed by atoms with E-state index >= 15 is 0 Å². The van der Waals surface area contributed by atoms with Crippen LogP contribution in [-0.2, 0) is 14.8 Å². The number of ether oxygens (including phenoxy) is 1. The lowest BCUT2D eigenvalue weighted by atomic mass is 10.1. The van der Waals surface area contributed by atoms with Crippen molar-refractivity contribution in [2.75, 3.05) is 19.7 Å². The summed E-state index contributed by atoms with van der Waals surface area (Å²) >= 11 is 0. The second kappa shape index (κ2) is 7.06. The minimum Gasteiger partial charge on any atom is -0.450 e. The molecule has 8 heteroatoms. The molecule has 122 valence electrons. The van der Waals surface area contributed by atoms with Gasteiger partial charge < -0.3 is 10.1 Å². The van der Waals surface area contributed by atoms with Crippen molar-refractivity contribution in [1.29, 1.82) is 0 Å². The molecule has 0 unspecified atom stereocenters. The standard InChI is InChI=1S/C14H19FN2O4S/c1-2-21-14(18)16-12-7-9-17(10-8-12)22(19,20)13-5-3-11(15)4-6-13/h3-6,12H,2,7-10H2,1H3,(H,16,18). The first kappa shape index (κ1) is 16.7. The number of piperidine rings is 1. The fourth-order valence-electron chi connectivity index (χ4n) is 2.34. The topological polar surface area (TPSA) is 75.7 Å². The summed E-state index contributed by atoms with van der Waals surface area (Å²) in [7, 11) is -3.62. The smallest absolute Gasteiger partial charge is 0.407 e. The van der Waals surface area contributed by atoms with Gasteiger partial charge in [-0.3, -0.25) is 0 Å². The van der Waals surface area contributed by atoms with Crippen LogP contribution in [0.1, 0.15) is 19.8 Å². The SMILES string of the molecule is CCOC(=O)NC1CCN(S(=O)(=O)c2ccc(F)cc2)CC1. The highest BCUT2D eigenvalue weighted by atomic mass is 32.2. The van der Waals surface area contributed by atoms with Crippen molar-refractivity contribution in [2.24, 2.45) is 0 Å². The molecule has 0 saturated carbocycles. The summed E-state index contributed by atoms with van der Waals surface area (Å²) in [6.07, 6.45) is 0.542. The number of benzene rings is 1. The highest BCUT2D eigenvalue weighted by molar-refractivity contribution is 7.89. The summed E-state index contributed by atoms with van der Waals surface area (Å²) < 4.78 is 43.9. The normalized spacial score (nSPS) is 17.2. The average Bonchev–Trinajstić information content (AvgIpc) is 2.48. The second-order valence-electron chi connectivity index (χ2n) is 5.00. The molecule has 1 aromatic carbocycles. The lowest BCUT2D eigenvalue weighted by Gasteiger charge is -2.31. The quantitative estimate of drug-likeness (QED) is 0.912. The molecule has 0 aliphatic carbocycles. The van der Waals surface area contributed by atoms with Crippen LogP contribution in [0.3, 0.4) is 0 Å². The molecule has 1 aromatic rings. The number of carbonyl (C=O) groups is 1. The molecule has 0 radical (unpaired) electrons. The molecule has 1 aliphatic heterocycles. The Morgan fingerprint density at radius 3 is 2.45 bits per heavy atom. The van der Waals surface area contributed by atoms with Crippen molar-refractivity contribution < 1.29 is 22.3 Å². The van der Waals surface area contributed by atoms with Crippen LogP contribution in [0.25, 0.3) is 0 Å². The maximum Gasteiger partial charge on any atom is 0.407 e. The fourth-order valence-corrected chi connectivity index (χ4v) is 3.81. The zero-order valence-electron chi connectivity index (χ0n) is 12.3. The van der Waals surface area contributed by atoms with Crippen LogP contribution >= 0.6 is 0 Å². The molecular weight excluding hydrogens is 311 g/mol. The van der Waals surface area contributed by atoms with E-state index in [1.807, 2.05) is 0 Å². The maximum absolute atomic E-state index is 12.9. The molecular formula is C14H19FN2O4S. The lowest BCUT2D eigenvalue weighted by Crippen LogP contribution is -2.46. The molecule has 0 aromatic heterocycles. The Morgan fingerprint density at radius 1 is 1.32 bits per heavy atom. The summed E-state index contributed by atoms with van der Waals surface area (Å²) in [5.41, 5.74) is 0. The lowest BCUT2D eigenvalue weighted by molar-refractivity contribution is 0.143. The maximum atomic E-state index is 12.9. The van der Waals surface area contributed by atoms with Crippen molar-refractivity contribution in [1.82, 2.24) is 9.62 Å². The number of halogens is 1. The summed E-state index contributed by atoms with van der Waals surface area (Å²) in [5, 5.41) is 2.71. The van der Waals surface area contributed by atoms with E-state index in [9.17, 15) is 17.6 Å². The van der Waals surface area contributed by atoms with Gasteiger partial charge in [-0.1, -0.05) is 0 Å². The number of carbonyl (C=O) groups excluding carboxylic acids is 1. The molecule has 0 spiro atoms. The van der Waals surface area contributed by atoms with Gasteiger partial charge in [-0.2, -0.15) is 4.31 Å². The van der Waals surface area contributed by atoms with Crippen LogP contribution in [0.2, 0.25) is 0 Å². The van der Waals surface area contributed by atoms with E-state index in [4.69, 9.17) is 4.74 Å². The highest BCUT2D eigenvalue weighted by Gasteiger charge is 2.30. The monoisotopic (exact) mass is 330 g/mol. The van der Waals surface area contributed by atoms with Gasteiger partial charge in [0.1, 0.15) is 5.82 Å². The number of hydrogen-bond donors (Lipinski definition) is 1. The Balaban J connectivity index is 1.96. The van der Waals surface area contributed by atoms with Gasteiger partial charge >= 0.3 is 6.09 Å². The van der Waals surface area contributed by atoms with E-state index in [1.54, 1.807) is 6.92 Å². The minimum absolute atomic E-state index is 0.0747. The first-order chi connectivity index (χ1) is 10.4. The first-order valence-corrected chi connectivity index (χ1v) is 8.56. The highest BCUT2D eigenvalue weighted by Crippen LogP contribution is 2.21. The first-order valence-electron chi connectivity index (χ1n) is 7.12. The van der Waals surface area contributed by atoms with E-state index in [1.165, 1.54) is 16.4 Å². The van der Waals surface area contributed by atoms with Crippen LogP contribution < -0.4 is 5.32 Å². The van der Waals surface area contributed by atoms with Crippen LogP contribution in [0.5, 0.6) is 0 Å². The van der Waals surface area contributed by atoms with Gasteiger partial charge in [-0.25, -0.2) is 17.6 Å². The number of sulfonamides is 1. The van der Waals surface area contributed by atoms with Crippen molar-refractivity contribution in [2.45, 2.75) is 30.7 Å². The summed E-state index contributed by atoms with van der Waals surface area (Å²) in [6.45, 7) is 2.62. The molecule has 0 atom stereocenters. The third kappa shape index (κ3) is 3.95. The van der Waals surface area contributed by atoms with E-state index in [0.29, 0.717) is 32.5 Å². The van der Waals surface area contributed by atoms with Crippen molar-refractivity contribution in [3.8, 4) is 0 Å². The minimum atomic E-state index is -3.62. The van der Waals surface area contributed by atoms with Crippen molar-refractivity contribution in [3.05, 3.63) is 30.1 Å². The zero-order valence-corrected chi connectivity index (χ0v) is 13.1. The molecule has 1 heterocycles. The number of hydrogen-bond acceptors (Lipinski definition) is 4. The Labute approximate surface area is 129 Å². The van der Waals surface area contributed by atoms with Crippen molar-refractivity contribution >= 4 is 16.1 Å². The molecule has 1 amide bonds. The van der Waals surface area contributed by atoms with Gasteiger partial charge in [0.15, 0.2) is 0 Å². The van der Waals surface area contributed by atoms with E-state index in [-0.39, 0.29) is 10.9 Å². The summed E-state index contributed by atoms with van der Waals surface area (Å²) in [4.78, 5) is 11.4. The predicted octanol–water partition coefficient (Wildman–Crippen LogP) is 1.72. The van der Waals surface area contributed by atoms with Crippen LogP contribution in [0.15, 0.2) is 29.2 Å². The van der Waals surface area contributed by atoms with Gasteiger partial charge in [-0.15, -0.1) is 0 Å². The molecule has 6 nitrogen and oxygen atoms in total. The molecule has 1 saturated heterocycles. The zero-order chi connectivity index (χ0) is 16.2. The van der Waals surface area contributed by atoms with Crippen molar-refractivity contribution in [3.63, 3.8) is 0 Å². The Morgan fingerprint density at radius 2 is 1.91 bits per heavy atom. The number of rotatable bonds is 4. The molecule has 22 heavy (non-hydrogen) atoms. The van der Waals surface area contributed by atoms with Crippen LogP contribution in [0, 0.1) is 5.82 Å². The molecule has 2 rings (SSSR count). The average molecular weight is 330 g/mol. The van der Waals surface area contributed by atoms with Gasteiger partial charge in [0.25, 0.3) is 0 Å². The summed E-state index contributed by atoms with van der Waals surface area (Å²) in [5.74, 6) is -0.476. The Hall–Kier alpha value is -1.67. The van der Waals surface area contributed by atoms with Gasteiger partial charge in [0, 0.05) is 19.1 Å². The number of alkyl carbamates (subject to hydrolysis) is 1. The third-order valence-corrected chi connectivity index (χ3v) is 5.42. The third-order valence-electron chi connectivity index (χ3n) is 3.50. The Bertz CT molecular complexity index is 610. The number of nitrogens with one attached hydrogen (secondary N) is 1. The predicted molar refractivity (Wildman–Crippen MR) is 78.3 cm³/mol. The molecule has 1 N–H and O–H groups in total. The van der Waals surface area contributed by atoms with Crippen LogP contribution in [-0.4, -0.2) is 44.6 Å². The van der Waals surface area contributed by atoms with Gasteiger partial charge in [-0.05, 0) is 44.0 Å². The molecule has 1 aliphatic rings. The molecule has 0 bridgehead atoms. The van der Waals surface area contributed by atoms with E-state index < -0.39 is 21.9 Å². The largest absolute Gasteiger partial charge is 0.450 e. The summed E-state index contributed by atoms with van der Waals surface area (Å²) in [6, 6.07) is 4.67. The van der Waals surface area contributed by atoms with E-state index in [2.05, 4.69) is 5.32 Å². The van der Waals surface area contributed by atoms with E-state index in [0.717, 1.165) is 12.1 Å². The van der Waals surface area contributed by atoms with Gasteiger partial charge in [0.05, 0.1) is 11.5 Å². The van der Waals surface area contributed by atoms with Crippen LogP contribution in [0.4, 0.5) is 9.18 Å². The second-order valence-corrected chi connectivity index (χ2v) is 6.94. The number of amides is 1. The number of nitrogens with zero attached hydrogens (tertiary/aromatic N) is 1.